The third-order valence-corrected chi connectivity index (χ3v) is 3.61. The fraction of sp³-hybridized carbons (Fsp3) is 0.778. The Hall–Kier alpha value is -0.160. The van der Waals surface area contributed by atoms with Crippen LogP contribution < -0.4 is 4.90 Å². The Bertz CT molecular complexity index is 287. The van der Waals surface area contributed by atoms with Gasteiger partial charge in [0.2, 0.25) is 5.13 Å². The molecule has 0 amide bonds. The molecule has 1 heterocycles. The number of aromatic nitrogens is 2. The van der Waals surface area contributed by atoms with E-state index in [4.69, 9.17) is 0 Å². The lowest BCUT2D eigenvalue weighted by atomic mass is 10.0. The van der Waals surface area contributed by atoms with Gasteiger partial charge in [-0.25, -0.2) is 0 Å². The van der Waals surface area contributed by atoms with E-state index < -0.39 is 0 Å². The highest BCUT2D eigenvalue weighted by Gasteiger charge is 2.14. The maximum absolute atomic E-state index is 4.09. The van der Waals surface area contributed by atoms with E-state index in [0.29, 0.717) is 12.0 Å². The van der Waals surface area contributed by atoms with E-state index in [-0.39, 0.29) is 0 Å². The third kappa shape index (κ3) is 3.20. The van der Waals surface area contributed by atoms with Crippen LogP contribution in [0.2, 0.25) is 0 Å². The summed E-state index contributed by atoms with van der Waals surface area (Å²) in [6.07, 6.45) is 1.17. The summed E-state index contributed by atoms with van der Waals surface area (Å²) < 4.78 is 0.844. The van der Waals surface area contributed by atoms with Crippen molar-refractivity contribution in [2.45, 2.75) is 33.2 Å². The molecule has 0 aliphatic carbocycles. The van der Waals surface area contributed by atoms with Gasteiger partial charge in [0.1, 0.15) is 0 Å². The van der Waals surface area contributed by atoms with Crippen LogP contribution in [-0.2, 0) is 0 Å². The first-order valence-corrected chi connectivity index (χ1v) is 6.33. The lowest BCUT2D eigenvalue weighted by molar-refractivity contribution is 0.503. The second kappa shape index (κ2) is 5.07. The van der Waals surface area contributed by atoms with Crippen molar-refractivity contribution in [1.29, 1.82) is 0 Å². The molecule has 0 bridgehead atoms. The van der Waals surface area contributed by atoms with Gasteiger partial charge in [-0.05, 0) is 35.2 Å². The summed E-state index contributed by atoms with van der Waals surface area (Å²) in [5.74, 6) is 0.712. The predicted octanol–water partition coefficient (Wildman–Crippen LogP) is 3.17. The van der Waals surface area contributed by atoms with E-state index in [2.05, 4.69) is 58.8 Å². The minimum Gasteiger partial charge on any atom is -0.347 e. The standard InChI is InChI=1S/C9H16BrN3S/c1-6(2)5-7(3)13(4)9-12-11-8(10)14-9/h6-7H,5H2,1-4H3. The van der Waals surface area contributed by atoms with E-state index in [0.717, 1.165) is 9.05 Å². The summed E-state index contributed by atoms with van der Waals surface area (Å²) in [5, 5.41) is 9.01. The smallest absolute Gasteiger partial charge is 0.209 e. The molecule has 0 saturated carbocycles. The first-order valence-electron chi connectivity index (χ1n) is 4.72. The molecule has 1 rings (SSSR count). The van der Waals surface area contributed by atoms with Crippen LogP contribution in [0.3, 0.4) is 0 Å². The maximum Gasteiger partial charge on any atom is 0.209 e. The van der Waals surface area contributed by atoms with Crippen molar-refractivity contribution in [3.05, 3.63) is 3.92 Å². The fourth-order valence-corrected chi connectivity index (χ4v) is 2.52. The molecule has 1 unspecified atom stereocenters. The Morgan fingerprint density at radius 2 is 2.00 bits per heavy atom. The van der Waals surface area contributed by atoms with Crippen molar-refractivity contribution in [1.82, 2.24) is 10.2 Å². The van der Waals surface area contributed by atoms with Crippen LogP contribution in [-0.4, -0.2) is 23.3 Å². The summed E-state index contributed by atoms with van der Waals surface area (Å²) in [6, 6.07) is 0.509. The zero-order valence-corrected chi connectivity index (χ0v) is 11.4. The molecule has 0 N–H and O–H groups in total. The van der Waals surface area contributed by atoms with Crippen LogP contribution in [0.1, 0.15) is 27.2 Å². The van der Waals surface area contributed by atoms with Gasteiger partial charge in [-0.3, -0.25) is 0 Å². The normalized spacial score (nSPS) is 13.3. The zero-order valence-electron chi connectivity index (χ0n) is 8.99. The number of rotatable bonds is 4. The summed E-state index contributed by atoms with van der Waals surface area (Å²) in [7, 11) is 2.07. The first kappa shape index (κ1) is 11.9. The summed E-state index contributed by atoms with van der Waals surface area (Å²) in [4.78, 5) is 2.18. The monoisotopic (exact) mass is 277 g/mol. The second-order valence-corrected chi connectivity index (χ2v) is 6.16. The summed E-state index contributed by atoms with van der Waals surface area (Å²) >= 11 is 4.89. The number of anilines is 1. The van der Waals surface area contributed by atoms with Crippen LogP contribution >= 0.6 is 27.3 Å². The van der Waals surface area contributed by atoms with E-state index in [1.165, 1.54) is 6.42 Å². The second-order valence-electron chi connectivity index (χ2n) is 3.93. The molecule has 1 atom stereocenters. The van der Waals surface area contributed by atoms with Crippen molar-refractivity contribution in [3.63, 3.8) is 0 Å². The average molecular weight is 278 g/mol. The van der Waals surface area contributed by atoms with Crippen molar-refractivity contribution in [3.8, 4) is 0 Å². The Balaban J connectivity index is 2.60. The van der Waals surface area contributed by atoms with Gasteiger partial charge in [0, 0.05) is 13.1 Å². The van der Waals surface area contributed by atoms with Gasteiger partial charge in [-0.2, -0.15) is 0 Å². The van der Waals surface area contributed by atoms with Gasteiger partial charge in [-0.15, -0.1) is 10.2 Å². The molecule has 0 radical (unpaired) electrons. The van der Waals surface area contributed by atoms with Crippen LogP contribution in [0, 0.1) is 5.92 Å². The van der Waals surface area contributed by atoms with Crippen molar-refractivity contribution in [2.75, 3.05) is 11.9 Å². The molecule has 0 spiro atoms. The topological polar surface area (TPSA) is 29.0 Å². The highest BCUT2D eigenvalue weighted by Crippen LogP contribution is 2.25. The molecule has 5 heteroatoms. The molecule has 1 aromatic rings. The molecule has 0 aliphatic rings. The first-order chi connectivity index (χ1) is 6.50. The van der Waals surface area contributed by atoms with E-state index >= 15 is 0 Å². The molecule has 3 nitrogen and oxygen atoms in total. The number of nitrogens with zero attached hydrogens (tertiary/aromatic N) is 3. The molecular formula is C9H16BrN3S. The predicted molar refractivity (Wildman–Crippen MR) is 64.9 cm³/mol. The number of hydrogen-bond acceptors (Lipinski definition) is 4. The van der Waals surface area contributed by atoms with Gasteiger partial charge < -0.3 is 4.90 Å². The molecule has 80 valence electrons. The van der Waals surface area contributed by atoms with Gasteiger partial charge >= 0.3 is 0 Å². The molecule has 0 aromatic carbocycles. The zero-order chi connectivity index (χ0) is 10.7. The number of halogens is 1. The molecule has 0 saturated heterocycles. The van der Waals surface area contributed by atoms with E-state index in [1.807, 2.05) is 0 Å². The Kier molecular flexibility index (Phi) is 4.31. The van der Waals surface area contributed by atoms with Crippen LogP contribution in [0.15, 0.2) is 3.92 Å². The van der Waals surface area contributed by atoms with Crippen molar-refractivity contribution < 1.29 is 0 Å². The van der Waals surface area contributed by atoms with Crippen LogP contribution in [0.5, 0.6) is 0 Å². The lowest BCUT2D eigenvalue weighted by Crippen LogP contribution is -2.29. The highest BCUT2D eigenvalue weighted by molar-refractivity contribution is 9.11. The van der Waals surface area contributed by atoms with Gasteiger partial charge in [0.15, 0.2) is 3.92 Å². The van der Waals surface area contributed by atoms with E-state index in [9.17, 15) is 0 Å². The quantitative estimate of drug-likeness (QED) is 0.847. The summed E-state index contributed by atoms with van der Waals surface area (Å²) in [6.45, 7) is 6.69. The minimum absolute atomic E-state index is 0.509. The molecule has 0 aliphatic heterocycles. The largest absolute Gasteiger partial charge is 0.347 e. The highest BCUT2D eigenvalue weighted by atomic mass is 79.9. The van der Waals surface area contributed by atoms with Gasteiger partial charge in [0.25, 0.3) is 0 Å². The van der Waals surface area contributed by atoms with Crippen molar-refractivity contribution >= 4 is 32.4 Å². The van der Waals surface area contributed by atoms with E-state index in [1.54, 1.807) is 11.3 Å². The summed E-state index contributed by atoms with van der Waals surface area (Å²) in [5.41, 5.74) is 0. The van der Waals surface area contributed by atoms with Gasteiger partial charge in [-0.1, -0.05) is 25.2 Å². The Morgan fingerprint density at radius 3 is 2.43 bits per heavy atom. The molecule has 1 aromatic heterocycles. The maximum atomic E-state index is 4.09. The van der Waals surface area contributed by atoms with Gasteiger partial charge in [0.05, 0.1) is 0 Å². The minimum atomic E-state index is 0.509. The van der Waals surface area contributed by atoms with Crippen LogP contribution in [0.25, 0.3) is 0 Å². The molecular weight excluding hydrogens is 262 g/mol. The van der Waals surface area contributed by atoms with Crippen LogP contribution in [0.4, 0.5) is 5.13 Å². The number of hydrogen-bond donors (Lipinski definition) is 0. The third-order valence-electron chi connectivity index (χ3n) is 2.17. The lowest BCUT2D eigenvalue weighted by Gasteiger charge is -2.25. The molecule has 0 fully saturated rings. The fourth-order valence-electron chi connectivity index (χ4n) is 1.37. The average Bonchev–Trinajstić information content (AvgIpc) is 2.49. The Morgan fingerprint density at radius 1 is 1.36 bits per heavy atom. The SMILES string of the molecule is CC(C)CC(C)N(C)c1nnc(Br)s1. The Labute approximate surface area is 97.7 Å². The van der Waals surface area contributed by atoms with Crippen molar-refractivity contribution in [2.24, 2.45) is 5.92 Å². The molecule has 14 heavy (non-hydrogen) atoms.